The summed E-state index contributed by atoms with van der Waals surface area (Å²) < 4.78 is 0. The molecule has 132 valence electrons. The first-order valence-electron chi connectivity index (χ1n) is 8.18. The molecule has 1 atom stereocenters. The zero-order chi connectivity index (χ0) is 17.5. The van der Waals surface area contributed by atoms with Crippen molar-refractivity contribution in [1.29, 1.82) is 0 Å². The summed E-state index contributed by atoms with van der Waals surface area (Å²) in [6.45, 7) is 1.48. The number of rotatable bonds is 6. The van der Waals surface area contributed by atoms with E-state index in [4.69, 9.17) is 17.3 Å². The molecule has 1 fully saturated rings. The summed E-state index contributed by atoms with van der Waals surface area (Å²) in [5.74, 6) is -0.133. The summed E-state index contributed by atoms with van der Waals surface area (Å²) in [4.78, 5) is 27.5. The van der Waals surface area contributed by atoms with Gasteiger partial charge in [-0.15, -0.1) is 11.8 Å². The van der Waals surface area contributed by atoms with Crippen molar-refractivity contribution in [3.05, 3.63) is 28.8 Å². The molecule has 5 nitrogen and oxygen atoms in total. The first-order chi connectivity index (χ1) is 11.6. The van der Waals surface area contributed by atoms with E-state index in [1.54, 1.807) is 17.8 Å². The number of hydrogen-bond donors (Lipinski definition) is 2. The quantitative estimate of drug-likeness (QED) is 0.755. The van der Waals surface area contributed by atoms with Crippen LogP contribution in [0.2, 0.25) is 5.02 Å². The van der Waals surface area contributed by atoms with Crippen LogP contribution >= 0.6 is 23.4 Å². The smallest absolute Gasteiger partial charge is 0.255 e. The fourth-order valence-corrected chi connectivity index (χ4v) is 3.52. The third-order valence-corrected chi connectivity index (χ3v) is 5.25. The largest absolute Gasteiger partial charge is 0.354 e. The van der Waals surface area contributed by atoms with Crippen LogP contribution in [-0.2, 0) is 4.79 Å². The van der Waals surface area contributed by atoms with Gasteiger partial charge < -0.3 is 16.0 Å². The molecule has 3 N–H and O–H groups in total. The van der Waals surface area contributed by atoms with E-state index in [2.05, 4.69) is 5.32 Å². The lowest BCUT2D eigenvalue weighted by molar-refractivity contribution is -0.121. The van der Waals surface area contributed by atoms with Gasteiger partial charge >= 0.3 is 0 Å². The summed E-state index contributed by atoms with van der Waals surface area (Å²) in [5, 5.41) is 3.34. The number of piperidine rings is 1. The van der Waals surface area contributed by atoms with Crippen molar-refractivity contribution < 1.29 is 9.59 Å². The Hall–Kier alpha value is -1.24. The number of carbonyl (C=O) groups excluding carboxylic acids is 2. The van der Waals surface area contributed by atoms with E-state index in [1.807, 2.05) is 23.3 Å². The molecule has 1 unspecified atom stereocenters. The van der Waals surface area contributed by atoms with Crippen molar-refractivity contribution in [2.24, 2.45) is 5.73 Å². The molecule has 0 aromatic heterocycles. The van der Waals surface area contributed by atoms with Gasteiger partial charge in [0.25, 0.3) is 5.91 Å². The predicted molar refractivity (Wildman–Crippen MR) is 98.6 cm³/mol. The van der Waals surface area contributed by atoms with Crippen LogP contribution < -0.4 is 11.1 Å². The molecular weight excluding hydrogens is 346 g/mol. The Bertz CT molecular complexity index is 597. The standard InChI is InChI=1S/C17H24ClN3O2S/c1-24-13-5-6-15(18)14(10-13)17(23)21-9-3-2-4-12(21)11-20-16(22)7-8-19/h5-6,10,12H,2-4,7-9,11,19H2,1H3,(H,20,22). The van der Waals surface area contributed by atoms with Crippen LogP contribution in [0.5, 0.6) is 0 Å². The van der Waals surface area contributed by atoms with Gasteiger partial charge in [0.15, 0.2) is 0 Å². The fraction of sp³-hybridized carbons (Fsp3) is 0.529. The van der Waals surface area contributed by atoms with Crippen molar-refractivity contribution in [1.82, 2.24) is 10.2 Å². The number of nitrogens with one attached hydrogen (secondary N) is 1. The van der Waals surface area contributed by atoms with Gasteiger partial charge in [-0.3, -0.25) is 9.59 Å². The van der Waals surface area contributed by atoms with E-state index in [-0.39, 0.29) is 17.9 Å². The minimum atomic E-state index is -0.0714. The first kappa shape index (κ1) is 19.1. The SMILES string of the molecule is CSc1ccc(Cl)c(C(=O)N2CCCCC2CNC(=O)CCN)c1. The summed E-state index contributed by atoms with van der Waals surface area (Å²) in [6, 6.07) is 5.52. The number of nitrogens with zero attached hydrogens (tertiary/aromatic N) is 1. The number of thioether (sulfide) groups is 1. The Kier molecular flexibility index (Phi) is 7.40. The van der Waals surface area contributed by atoms with Gasteiger partial charge in [0.1, 0.15) is 0 Å². The second-order valence-electron chi connectivity index (χ2n) is 5.84. The molecule has 2 amide bonds. The van der Waals surface area contributed by atoms with Gasteiger partial charge in [-0.1, -0.05) is 11.6 Å². The summed E-state index contributed by atoms with van der Waals surface area (Å²) in [6.07, 6.45) is 5.18. The zero-order valence-corrected chi connectivity index (χ0v) is 15.5. The minimum Gasteiger partial charge on any atom is -0.354 e. The molecule has 0 saturated carbocycles. The maximum Gasteiger partial charge on any atom is 0.255 e. The van der Waals surface area contributed by atoms with Gasteiger partial charge in [-0.05, 0) is 43.7 Å². The second kappa shape index (κ2) is 9.30. The molecule has 0 aliphatic carbocycles. The van der Waals surface area contributed by atoms with Crippen molar-refractivity contribution in [2.75, 3.05) is 25.9 Å². The van der Waals surface area contributed by atoms with Crippen molar-refractivity contribution in [2.45, 2.75) is 36.6 Å². The maximum absolute atomic E-state index is 13.0. The lowest BCUT2D eigenvalue weighted by Crippen LogP contribution is -2.49. The predicted octanol–water partition coefficient (Wildman–Crippen LogP) is 2.52. The molecule has 1 aliphatic heterocycles. The van der Waals surface area contributed by atoms with Crippen LogP contribution in [-0.4, -0.2) is 48.6 Å². The van der Waals surface area contributed by atoms with Crippen LogP contribution in [0.3, 0.4) is 0 Å². The Morgan fingerprint density at radius 1 is 1.42 bits per heavy atom. The van der Waals surface area contributed by atoms with Crippen molar-refractivity contribution in [3.8, 4) is 0 Å². The Balaban J connectivity index is 2.11. The molecule has 1 aromatic rings. The summed E-state index contributed by atoms with van der Waals surface area (Å²) >= 11 is 7.82. The monoisotopic (exact) mass is 369 g/mol. The topological polar surface area (TPSA) is 75.4 Å². The van der Waals surface area contributed by atoms with E-state index in [0.717, 1.165) is 24.2 Å². The number of hydrogen-bond acceptors (Lipinski definition) is 4. The van der Waals surface area contributed by atoms with Gasteiger partial charge in [-0.25, -0.2) is 0 Å². The molecule has 7 heteroatoms. The molecule has 1 aliphatic rings. The van der Waals surface area contributed by atoms with Crippen LogP contribution in [0.15, 0.2) is 23.1 Å². The second-order valence-corrected chi connectivity index (χ2v) is 7.12. The molecule has 1 aromatic carbocycles. The average molecular weight is 370 g/mol. The maximum atomic E-state index is 13.0. The van der Waals surface area contributed by atoms with Crippen LogP contribution in [0.25, 0.3) is 0 Å². The number of halogens is 1. The van der Waals surface area contributed by atoms with Crippen LogP contribution in [0.1, 0.15) is 36.0 Å². The third kappa shape index (κ3) is 4.88. The molecule has 1 heterocycles. The molecule has 0 bridgehead atoms. The van der Waals surface area contributed by atoms with Crippen LogP contribution in [0.4, 0.5) is 0 Å². The summed E-state index contributed by atoms with van der Waals surface area (Å²) in [7, 11) is 0. The highest BCUT2D eigenvalue weighted by Crippen LogP contribution is 2.27. The molecule has 1 saturated heterocycles. The molecule has 0 spiro atoms. The summed E-state index contributed by atoms with van der Waals surface area (Å²) in [5.41, 5.74) is 5.92. The Labute approximate surface area is 152 Å². The molecular formula is C17H24ClN3O2S. The zero-order valence-electron chi connectivity index (χ0n) is 13.9. The fourth-order valence-electron chi connectivity index (χ4n) is 2.88. The van der Waals surface area contributed by atoms with Crippen molar-refractivity contribution >= 4 is 35.2 Å². The van der Waals surface area contributed by atoms with Gasteiger partial charge in [0.05, 0.1) is 10.6 Å². The number of likely N-dealkylation sites (tertiary alicyclic amines) is 1. The third-order valence-electron chi connectivity index (χ3n) is 4.20. The lowest BCUT2D eigenvalue weighted by atomic mass is 10.0. The normalized spacial score (nSPS) is 17.6. The Morgan fingerprint density at radius 3 is 2.92 bits per heavy atom. The number of amides is 2. The number of nitrogens with two attached hydrogens (primary N) is 1. The van der Waals surface area contributed by atoms with E-state index < -0.39 is 0 Å². The number of benzene rings is 1. The highest BCUT2D eigenvalue weighted by molar-refractivity contribution is 7.98. The lowest BCUT2D eigenvalue weighted by Gasteiger charge is -2.36. The van der Waals surface area contributed by atoms with E-state index in [1.165, 1.54) is 0 Å². The van der Waals surface area contributed by atoms with Gasteiger partial charge in [0.2, 0.25) is 5.91 Å². The van der Waals surface area contributed by atoms with Crippen molar-refractivity contribution in [3.63, 3.8) is 0 Å². The van der Waals surface area contributed by atoms with Gasteiger partial charge in [0, 0.05) is 37.0 Å². The highest BCUT2D eigenvalue weighted by atomic mass is 35.5. The van der Waals surface area contributed by atoms with Gasteiger partial charge in [-0.2, -0.15) is 0 Å². The first-order valence-corrected chi connectivity index (χ1v) is 9.78. The molecule has 24 heavy (non-hydrogen) atoms. The highest BCUT2D eigenvalue weighted by Gasteiger charge is 2.28. The van der Waals surface area contributed by atoms with E-state index in [9.17, 15) is 9.59 Å². The molecule has 2 rings (SSSR count). The van der Waals surface area contributed by atoms with E-state index >= 15 is 0 Å². The number of carbonyl (C=O) groups is 2. The van der Waals surface area contributed by atoms with Crippen LogP contribution in [0, 0.1) is 0 Å². The molecule has 0 radical (unpaired) electrons. The Morgan fingerprint density at radius 2 is 2.21 bits per heavy atom. The average Bonchev–Trinajstić information content (AvgIpc) is 2.60. The van der Waals surface area contributed by atoms with E-state index in [0.29, 0.717) is 36.6 Å². The minimum absolute atomic E-state index is 0.00183.